The van der Waals surface area contributed by atoms with E-state index in [2.05, 4.69) is 57.8 Å². The summed E-state index contributed by atoms with van der Waals surface area (Å²) < 4.78 is 8.40. The quantitative estimate of drug-likeness (QED) is 0.380. The van der Waals surface area contributed by atoms with E-state index in [1.807, 2.05) is 12.1 Å². The number of benzene rings is 1. The highest BCUT2D eigenvalue weighted by molar-refractivity contribution is 5.86. The predicted octanol–water partition coefficient (Wildman–Crippen LogP) is -0.0356. The zero-order valence-corrected chi connectivity index (χ0v) is 18.8. The van der Waals surface area contributed by atoms with Gasteiger partial charge in [0.2, 0.25) is 5.91 Å². The van der Waals surface area contributed by atoms with E-state index in [9.17, 15) is 4.79 Å². The molecular formula is C21H25N11O2. The van der Waals surface area contributed by atoms with Gasteiger partial charge in [-0.2, -0.15) is 5.10 Å². The van der Waals surface area contributed by atoms with Crippen LogP contribution in [0.1, 0.15) is 0 Å². The maximum Gasteiger partial charge on any atom is 0.241 e. The van der Waals surface area contributed by atoms with E-state index in [-0.39, 0.29) is 12.5 Å². The first-order chi connectivity index (χ1) is 16.7. The van der Waals surface area contributed by atoms with Crippen molar-refractivity contribution >= 4 is 28.4 Å². The Balaban J connectivity index is 1.20. The zero-order valence-electron chi connectivity index (χ0n) is 18.8. The summed E-state index contributed by atoms with van der Waals surface area (Å²) in [6.07, 6.45) is 4.77. The lowest BCUT2D eigenvalue weighted by Crippen LogP contribution is -2.46. The smallest absolute Gasteiger partial charge is 0.241 e. The van der Waals surface area contributed by atoms with Crippen LogP contribution in [0.2, 0.25) is 0 Å². The fourth-order valence-corrected chi connectivity index (χ4v) is 4.02. The molecule has 176 valence electrons. The number of carbonyl (C=O) groups excluding carboxylic acids is 1. The van der Waals surface area contributed by atoms with Gasteiger partial charge in [-0.15, -0.1) is 5.10 Å². The fourth-order valence-electron chi connectivity index (χ4n) is 4.02. The molecule has 1 N–H and O–H groups in total. The summed E-state index contributed by atoms with van der Waals surface area (Å²) in [5.74, 6) is 1.57. The molecular weight excluding hydrogens is 438 g/mol. The number of anilines is 2. The average Bonchev–Trinajstić information content (AvgIpc) is 3.54. The second-order valence-electron chi connectivity index (χ2n) is 7.83. The molecule has 0 saturated carbocycles. The highest BCUT2D eigenvalue weighted by Crippen LogP contribution is 2.26. The minimum Gasteiger partial charge on any atom is -0.497 e. The fraction of sp³-hybridized carbons (Fsp3) is 0.381. The summed E-state index contributed by atoms with van der Waals surface area (Å²) in [7, 11) is 1.67. The Bertz CT molecular complexity index is 1230. The molecule has 0 bridgehead atoms. The van der Waals surface area contributed by atoms with E-state index in [1.54, 1.807) is 24.3 Å². The zero-order chi connectivity index (χ0) is 23.3. The van der Waals surface area contributed by atoms with Gasteiger partial charge in [-0.05, 0) is 34.7 Å². The second-order valence-corrected chi connectivity index (χ2v) is 7.83. The van der Waals surface area contributed by atoms with Gasteiger partial charge in [-0.1, -0.05) is 0 Å². The molecule has 5 rings (SSSR count). The summed E-state index contributed by atoms with van der Waals surface area (Å²) in [5.41, 5.74) is 1.93. The van der Waals surface area contributed by atoms with Gasteiger partial charge in [0.1, 0.15) is 30.8 Å². The van der Waals surface area contributed by atoms with Crippen LogP contribution < -0.4 is 19.9 Å². The van der Waals surface area contributed by atoms with E-state index in [4.69, 9.17) is 4.74 Å². The van der Waals surface area contributed by atoms with Gasteiger partial charge < -0.3 is 19.9 Å². The number of methoxy groups -OCH3 is 1. The number of piperazine rings is 1. The van der Waals surface area contributed by atoms with E-state index in [1.165, 1.54) is 16.7 Å². The lowest BCUT2D eigenvalue weighted by Gasteiger charge is -2.36. The Morgan fingerprint density at radius 1 is 1.09 bits per heavy atom. The Morgan fingerprint density at radius 2 is 1.88 bits per heavy atom. The minimum absolute atomic E-state index is 0.0711. The number of nitrogens with zero attached hydrogens (tertiary/aromatic N) is 10. The Kier molecular flexibility index (Phi) is 6.14. The minimum atomic E-state index is -0.172. The van der Waals surface area contributed by atoms with Crippen LogP contribution in [-0.4, -0.2) is 85.7 Å². The first-order valence-corrected chi connectivity index (χ1v) is 11.0. The number of amides is 1. The van der Waals surface area contributed by atoms with Crippen molar-refractivity contribution in [3.05, 3.63) is 43.1 Å². The molecule has 1 fully saturated rings. The molecule has 3 aromatic heterocycles. The monoisotopic (exact) mass is 463 g/mol. The second kappa shape index (κ2) is 9.68. The number of rotatable bonds is 8. The van der Waals surface area contributed by atoms with Crippen molar-refractivity contribution in [2.24, 2.45) is 0 Å². The lowest BCUT2D eigenvalue weighted by molar-refractivity contribution is -0.121. The summed E-state index contributed by atoms with van der Waals surface area (Å²) in [6.45, 7) is 4.44. The molecule has 1 aliphatic rings. The van der Waals surface area contributed by atoms with Gasteiger partial charge in [0.25, 0.3) is 0 Å². The van der Waals surface area contributed by atoms with Gasteiger partial charge in [0.15, 0.2) is 5.65 Å². The number of hydrogen-bond acceptors (Lipinski definition) is 10. The summed E-state index contributed by atoms with van der Waals surface area (Å²) in [6, 6.07) is 8.14. The van der Waals surface area contributed by atoms with E-state index in [0.29, 0.717) is 13.1 Å². The summed E-state index contributed by atoms with van der Waals surface area (Å²) in [4.78, 5) is 25.6. The van der Waals surface area contributed by atoms with Crippen molar-refractivity contribution < 1.29 is 9.53 Å². The molecule has 4 aromatic rings. The van der Waals surface area contributed by atoms with Crippen molar-refractivity contribution in [1.82, 2.24) is 45.3 Å². The van der Waals surface area contributed by atoms with Crippen LogP contribution in [0, 0.1) is 0 Å². The first kappa shape index (κ1) is 21.6. The highest BCUT2D eigenvalue weighted by atomic mass is 16.5. The standard InChI is InChI=1S/C21H25N11O2/c1-34-17-4-2-16(3-5-17)29-8-10-30(11-9-29)20-18-12-26-32(21(18)24-14-23-20)7-6-22-19(33)13-31-15-25-27-28-31/h2-5,12,14-15H,6-11,13H2,1H3,(H,22,33). The van der Waals surface area contributed by atoms with Crippen LogP contribution in [0.25, 0.3) is 11.0 Å². The summed E-state index contributed by atoms with van der Waals surface area (Å²) in [5, 5.41) is 18.9. The van der Waals surface area contributed by atoms with Crippen molar-refractivity contribution in [2.45, 2.75) is 13.1 Å². The maximum atomic E-state index is 12.0. The Labute approximate surface area is 195 Å². The third-order valence-electron chi connectivity index (χ3n) is 5.77. The number of aromatic nitrogens is 8. The molecule has 1 aliphatic heterocycles. The molecule has 0 radical (unpaired) electrons. The molecule has 34 heavy (non-hydrogen) atoms. The van der Waals surface area contributed by atoms with Crippen molar-refractivity contribution in [3.8, 4) is 5.75 Å². The highest BCUT2D eigenvalue weighted by Gasteiger charge is 2.21. The number of fused-ring (bicyclic) bond motifs is 1. The van der Waals surface area contributed by atoms with Crippen molar-refractivity contribution in [1.29, 1.82) is 0 Å². The number of carbonyl (C=O) groups is 1. The predicted molar refractivity (Wildman–Crippen MR) is 124 cm³/mol. The third kappa shape index (κ3) is 4.58. The van der Waals surface area contributed by atoms with E-state index < -0.39 is 0 Å². The normalized spacial score (nSPS) is 13.9. The molecule has 0 unspecified atom stereocenters. The molecule has 1 aromatic carbocycles. The van der Waals surface area contributed by atoms with Gasteiger partial charge in [-0.3, -0.25) is 4.79 Å². The SMILES string of the molecule is COc1ccc(N2CCN(c3ncnc4c3cnn4CCNC(=O)Cn3cnnn3)CC2)cc1. The topological polar surface area (TPSA) is 132 Å². The number of tetrazole rings is 1. The van der Waals surface area contributed by atoms with Gasteiger partial charge >= 0.3 is 0 Å². The number of hydrogen-bond donors (Lipinski definition) is 1. The molecule has 13 nitrogen and oxygen atoms in total. The third-order valence-corrected chi connectivity index (χ3v) is 5.77. The Morgan fingerprint density at radius 3 is 2.62 bits per heavy atom. The van der Waals surface area contributed by atoms with Crippen LogP contribution in [-0.2, 0) is 17.9 Å². The molecule has 1 amide bonds. The van der Waals surface area contributed by atoms with Crippen molar-refractivity contribution in [2.75, 3.05) is 49.6 Å². The molecule has 0 aliphatic carbocycles. The number of nitrogens with one attached hydrogen (secondary N) is 1. The van der Waals surface area contributed by atoms with Crippen molar-refractivity contribution in [3.63, 3.8) is 0 Å². The van der Waals surface area contributed by atoms with Crippen LogP contribution in [0.15, 0.2) is 43.1 Å². The molecule has 4 heterocycles. The Hall–Kier alpha value is -4.29. The molecule has 1 saturated heterocycles. The van der Waals surface area contributed by atoms with Crippen LogP contribution in [0.3, 0.4) is 0 Å². The maximum absolute atomic E-state index is 12.0. The van der Waals surface area contributed by atoms with Crippen LogP contribution in [0.5, 0.6) is 5.75 Å². The largest absolute Gasteiger partial charge is 0.497 e. The molecule has 0 spiro atoms. The van der Waals surface area contributed by atoms with E-state index in [0.717, 1.165) is 48.8 Å². The van der Waals surface area contributed by atoms with Gasteiger partial charge in [-0.25, -0.2) is 19.3 Å². The average molecular weight is 464 g/mol. The van der Waals surface area contributed by atoms with Gasteiger partial charge in [0.05, 0.1) is 25.2 Å². The summed E-state index contributed by atoms with van der Waals surface area (Å²) >= 11 is 0. The van der Waals surface area contributed by atoms with Crippen LogP contribution in [0.4, 0.5) is 11.5 Å². The van der Waals surface area contributed by atoms with E-state index >= 15 is 0 Å². The van der Waals surface area contributed by atoms with Gasteiger partial charge in [0, 0.05) is 38.4 Å². The number of ether oxygens (including phenoxy) is 1. The molecule has 0 atom stereocenters. The van der Waals surface area contributed by atoms with Crippen LogP contribution >= 0.6 is 0 Å². The lowest BCUT2D eigenvalue weighted by atomic mass is 10.2. The first-order valence-electron chi connectivity index (χ1n) is 11.0. The molecule has 13 heteroatoms.